The number of carbonyl (C=O) groups excluding carboxylic acids is 3. The minimum Gasteiger partial charge on any atom is -0.335 e. The summed E-state index contributed by atoms with van der Waals surface area (Å²) in [7, 11) is 0. The first kappa shape index (κ1) is 23.3. The Kier molecular flexibility index (Phi) is 6.17. The Morgan fingerprint density at radius 2 is 1.66 bits per heavy atom. The Balaban J connectivity index is 1.37. The maximum absolute atomic E-state index is 14.0. The lowest BCUT2D eigenvalue weighted by molar-refractivity contribution is -0.132. The van der Waals surface area contributed by atoms with Gasteiger partial charge in [-0.25, -0.2) is 9.69 Å². The molecule has 7 nitrogen and oxygen atoms in total. The molecule has 0 spiro atoms. The van der Waals surface area contributed by atoms with Crippen LogP contribution in [-0.4, -0.2) is 65.4 Å². The van der Waals surface area contributed by atoms with Gasteiger partial charge in [-0.3, -0.25) is 14.5 Å². The predicted molar refractivity (Wildman–Crippen MR) is 135 cm³/mol. The highest BCUT2D eigenvalue weighted by Crippen LogP contribution is 2.37. The highest BCUT2D eigenvalue weighted by molar-refractivity contribution is 7.12. The van der Waals surface area contributed by atoms with Gasteiger partial charge < -0.3 is 10.2 Å². The molecule has 3 aromatic rings. The van der Waals surface area contributed by atoms with Crippen LogP contribution in [0.25, 0.3) is 0 Å². The molecule has 3 heterocycles. The van der Waals surface area contributed by atoms with Gasteiger partial charge in [0.05, 0.1) is 11.5 Å². The molecule has 8 heteroatoms. The van der Waals surface area contributed by atoms with Gasteiger partial charge in [-0.2, -0.15) is 0 Å². The number of thiophene rings is 1. The van der Waals surface area contributed by atoms with E-state index < -0.39 is 11.6 Å². The monoisotopic (exact) mass is 488 g/mol. The zero-order chi connectivity index (χ0) is 24.6. The first-order chi connectivity index (χ1) is 16.9. The van der Waals surface area contributed by atoms with Crippen LogP contribution in [0.2, 0.25) is 0 Å². The van der Waals surface area contributed by atoms with Crippen LogP contribution in [-0.2, 0) is 10.3 Å². The largest absolute Gasteiger partial charge is 0.335 e. The quantitative estimate of drug-likeness (QED) is 0.558. The van der Waals surface area contributed by atoms with Crippen molar-refractivity contribution in [1.29, 1.82) is 0 Å². The van der Waals surface area contributed by atoms with Crippen LogP contribution in [0.3, 0.4) is 0 Å². The lowest BCUT2D eigenvalue weighted by Crippen LogP contribution is -2.53. The molecule has 2 saturated heterocycles. The van der Waals surface area contributed by atoms with E-state index in [4.69, 9.17) is 0 Å². The van der Waals surface area contributed by atoms with E-state index in [0.717, 1.165) is 27.1 Å². The normalized spacial score (nSPS) is 20.9. The van der Waals surface area contributed by atoms with Gasteiger partial charge in [-0.05, 0) is 47.5 Å². The van der Waals surface area contributed by atoms with E-state index in [9.17, 15) is 14.4 Å². The average Bonchev–Trinajstić information content (AvgIpc) is 3.50. The number of rotatable bonds is 5. The molecule has 4 amide bonds. The predicted octanol–water partition coefficient (Wildman–Crippen LogP) is 3.58. The highest BCUT2D eigenvalue weighted by Gasteiger charge is 2.54. The first-order valence-corrected chi connectivity index (χ1v) is 12.6. The van der Waals surface area contributed by atoms with Crippen molar-refractivity contribution in [3.63, 3.8) is 0 Å². The molecule has 35 heavy (non-hydrogen) atoms. The fourth-order valence-electron chi connectivity index (χ4n) is 4.77. The van der Waals surface area contributed by atoms with Gasteiger partial charge >= 0.3 is 6.03 Å². The fourth-order valence-corrected chi connectivity index (χ4v) is 5.46. The van der Waals surface area contributed by atoms with E-state index in [1.807, 2.05) is 84.8 Å². The number of nitrogens with zero attached hydrogens (tertiary/aromatic N) is 3. The summed E-state index contributed by atoms with van der Waals surface area (Å²) in [5.41, 5.74) is 2.40. The first-order valence-electron chi connectivity index (χ1n) is 11.7. The van der Waals surface area contributed by atoms with Gasteiger partial charge in [0.1, 0.15) is 0 Å². The van der Waals surface area contributed by atoms with Crippen LogP contribution in [0.4, 0.5) is 4.79 Å². The van der Waals surface area contributed by atoms with Crippen molar-refractivity contribution >= 4 is 29.2 Å². The van der Waals surface area contributed by atoms with Crippen molar-refractivity contribution < 1.29 is 14.4 Å². The van der Waals surface area contributed by atoms with Gasteiger partial charge in [-0.15, -0.1) is 11.3 Å². The number of hydrogen-bond acceptors (Lipinski definition) is 5. The minimum atomic E-state index is -1.27. The summed E-state index contributed by atoms with van der Waals surface area (Å²) >= 11 is 1.44. The number of nitrogens with one attached hydrogen (secondary N) is 1. The molecule has 1 N–H and O–H groups in total. The lowest BCUT2D eigenvalue weighted by atomic mass is 9.81. The van der Waals surface area contributed by atoms with Crippen molar-refractivity contribution in [1.82, 2.24) is 20.0 Å². The number of imide groups is 1. The molecule has 0 bridgehead atoms. The molecule has 2 aliphatic heterocycles. The second-order valence-electron chi connectivity index (χ2n) is 9.11. The van der Waals surface area contributed by atoms with Crippen LogP contribution >= 0.6 is 11.3 Å². The number of carbonyl (C=O) groups is 3. The molecule has 180 valence electrons. The number of aryl methyl sites for hydroxylation is 2. The minimum absolute atomic E-state index is 0.0347. The van der Waals surface area contributed by atoms with E-state index in [1.54, 1.807) is 0 Å². The number of hydrogen-bond donors (Lipinski definition) is 1. The van der Waals surface area contributed by atoms with Crippen LogP contribution in [0.1, 0.15) is 31.9 Å². The molecular formula is C27H28N4O3S. The van der Waals surface area contributed by atoms with Gasteiger partial charge in [-0.1, -0.05) is 54.6 Å². The van der Waals surface area contributed by atoms with E-state index >= 15 is 0 Å². The Bertz CT molecular complexity index is 1250. The lowest BCUT2D eigenvalue weighted by Gasteiger charge is -2.36. The summed E-state index contributed by atoms with van der Waals surface area (Å²) in [5.74, 6) is -0.249. The van der Waals surface area contributed by atoms with Crippen LogP contribution in [0.15, 0.2) is 66.0 Å². The van der Waals surface area contributed by atoms with Gasteiger partial charge in [0.15, 0.2) is 5.54 Å². The standard InChI is InChI=1S/C27H28N4O3S/c1-19-10-11-22(17-20(19)2)27(21-7-4-3-5-8-21)25(33)31(26(34)28-27)18-29-12-14-30(15-13-29)24(32)23-9-6-16-35-23/h3-11,16-17H,12-15,18H2,1-2H3,(H,28,34). The zero-order valence-corrected chi connectivity index (χ0v) is 20.7. The summed E-state index contributed by atoms with van der Waals surface area (Å²) < 4.78 is 0. The molecule has 0 radical (unpaired) electrons. The van der Waals surface area contributed by atoms with Crippen LogP contribution in [0, 0.1) is 13.8 Å². The number of amides is 4. The smallest absolute Gasteiger partial charge is 0.326 e. The summed E-state index contributed by atoms with van der Waals surface area (Å²) in [5, 5.41) is 4.93. The summed E-state index contributed by atoms with van der Waals surface area (Å²) in [6.07, 6.45) is 0. The Labute approximate surface area is 209 Å². The summed E-state index contributed by atoms with van der Waals surface area (Å²) in [6.45, 7) is 6.52. The SMILES string of the molecule is Cc1ccc(C2(c3ccccc3)NC(=O)N(CN3CCN(C(=O)c4cccs4)CC3)C2=O)cc1C. The van der Waals surface area contributed by atoms with E-state index in [-0.39, 0.29) is 18.5 Å². The van der Waals surface area contributed by atoms with E-state index in [0.29, 0.717) is 26.2 Å². The van der Waals surface area contributed by atoms with E-state index in [2.05, 4.69) is 10.2 Å². The summed E-state index contributed by atoms with van der Waals surface area (Å²) in [4.78, 5) is 45.8. The van der Waals surface area contributed by atoms with Gasteiger partial charge in [0.25, 0.3) is 11.8 Å². The maximum atomic E-state index is 14.0. The number of piperazine rings is 1. The molecule has 1 atom stereocenters. The molecule has 5 rings (SSSR count). The molecule has 2 fully saturated rings. The van der Waals surface area contributed by atoms with Crippen LogP contribution in [0.5, 0.6) is 0 Å². The number of urea groups is 1. The third kappa shape index (κ3) is 4.13. The third-order valence-corrected chi connectivity index (χ3v) is 7.84. The highest BCUT2D eigenvalue weighted by atomic mass is 32.1. The Hall–Kier alpha value is -3.49. The molecular weight excluding hydrogens is 460 g/mol. The van der Waals surface area contributed by atoms with Crippen molar-refractivity contribution in [3.8, 4) is 0 Å². The molecule has 1 unspecified atom stereocenters. The second kappa shape index (κ2) is 9.28. The Morgan fingerprint density at radius 3 is 2.31 bits per heavy atom. The summed E-state index contributed by atoms with van der Waals surface area (Å²) in [6, 6.07) is 18.6. The molecule has 0 saturated carbocycles. The topological polar surface area (TPSA) is 73.0 Å². The molecule has 1 aromatic heterocycles. The Morgan fingerprint density at radius 1 is 0.914 bits per heavy atom. The molecule has 2 aliphatic rings. The van der Waals surface area contributed by atoms with Crippen LogP contribution < -0.4 is 5.32 Å². The van der Waals surface area contributed by atoms with E-state index in [1.165, 1.54) is 16.2 Å². The van der Waals surface area contributed by atoms with Crippen molar-refractivity contribution in [2.75, 3.05) is 32.8 Å². The van der Waals surface area contributed by atoms with Gasteiger partial charge in [0, 0.05) is 26.2 Å². The van der Waals surface area contributed by atoms with Crippen molar-refractivity contribution in [3.05, 3.63) is 93.2 Å². The zero-order valence-electron chi connectivity index (χ0n) is 19.9. The van der Waals surface area contributed by atoms with Crippen molar-refractivity contribution in [2.45, 2.75) is 19.4 Å². The third-order valence-electron chi connectivity index (χ3n) is 6.99. The van der Waals surface area contributed by atoms with Crippen molar-refractivity contribution in [2.24, 2.45) is 0 Å². The maximum Gasteiger partial charge on any atom is 0.326 e. The molecule has 0 aliphatic carbocycles. The average molecular weight is 489 g/mol. The molecule has 2 aromatic carbocycles. The van der Waals surface area contributed by atoms with Gasteiger partial charge in [0.2, 0.25) is 0 Å². The number of benzene rings is 2. The second-order valence-corrected chi connectivity index (χ2v) is 10.1. The fraction of sp³-hybridized carbons (Fsp3) is 0.296.